The lowest BCUT2D eigenvalue weighted by molar-refractivity contribution is 0.256. The van der Waals surface area contributed by atoms with E-state index >= 15 is 0 Å². The van der Waals surface area contributed by atoms with Gasteiger partial charge in [-0.3, -0.25) is 4.98 Å². The van der Waals surface area contributed by atoms with Crippen molar-refractivity contribution in [3.8, 4) is 5.75 Å². The van der Waals surface area contributed by atoms with Crippen LogP contribution in [0.25, 0.3) is 0 Å². The van der Waals surface area contributed by atoms with Crippen LogP contribution in [-0.4, -0.2) is 10.1 Å². The highest BCUT2D eigenvalue weighted by Gasteiger charge is 2.05. The molecule has 2 aromatic rings. The summed E-state index contributed by atoms with van der Waals surface area (Å²) in [6.45, 7) is -0.0134. The van der Waals surface area contributed by atoms with Crippen LogP contribution in [0.15, 0.2) is 42.7 Å². The molecule has 0 aliphatic rings. The van der Waals surface area contributed by atoms with E-state index in [9.17, 15) is 4.39 Å². The fraction of sp³-hybridized carbons (Fsp3) is 0.154. The minimum atomic E-state index is -0.304. The normalized spacial score (nSPS) is 10.2. The molecule has 0 saturated carbocycles. The van der Waals surface area contributed by atoms with Crippen molar-refractivity contribution in [2.75, 3.05) is 0 Å². The summed E-state index contributed by atoms with van der Waals surface area (Å²) < 4.78 is 18.8. The van der Waals surface area contributed by atoms with Crippen molar-refractivity contribution in [2.24, 2.45) is 0 Å². The van der Waals surface area contributed by atoms with Gasteiger partial charge in [0.15, 0.2) is 0 Å². The first-order valence-corrected chi connectivity index (χ1v) is 5.21. The summed E-state index contributed by atoms with van der Waals surface area (Å²) in [5, 5.41) is 9.09. The number of aliphatic hydroxyl groups is 1. The fourth-order valence-electron chi connectivity index (χ4n) is 1.44. The third-order valence-electron chi connectivity index (χ3n) is 2.38. The van der Waals surface area contributed by atoms with Crippen LogP contribution >= 0.6 is 0 Å². The van der Waals surface area contributed by atoms with Crippen molar-refractivity contribution in [1.29, 1.82) is 0 Å². The summed E-state index contributed by atoms with van der Waals surface area (Å²) in [6.07, 6.45) is 3.08. The quantitative estimate of drug-likeness (QED) is 0.881. The van der Waals surface area contributed by atoms with Gasteiger partial charge in [-0.2, -0.15) is 0 Å². The van der Waals surface area contributed by atoms with Crippen LogP contribution in [0.1, 0.15) is 11.1 Å². The monoisotopic (exact) mass is 233 g/mol. The molecule has 1 N–H and O–H groups in total. The minimum absolute atomic E-state index is 0.116. The fourth-order valence-corrected chi connectivity index (χ4v) is 1.44. The van der Waals surface area contributed by atoms with Crippen LogP contribution in [0.4, 0.5) is 4.39 Å². The number of pyridine rings is 1. The average Bonchev–Trinajstić information content (AvgIpc) is 2.38. The molecule has 2 rings (SSSR count). The van der Waals surface area contributed by atoms with E-state index < -0.39 is 0 Å². The summed E-state index contributed by atoms with van der Waals surface area (Å²) >= 11 is 0. The molecule has 0 bridgehead atoms. The van der Waals surface area contributed by atoms with Gasteiger partial charge in [0.05, 0.1) is 12.8 Å². The van der Waals surface area contributed by atoms with Gasteiger partial charge in [-0.1, -0.05) is 18.2 Å². The lowest BCUT2D eigenvalue weighted by Gasteiger charge is -2.09. The van der Waals surface area contributed by atoms with Crippen molar-refractivity contribution in [3.63, 3.8) is 0 Å². The molecule has 4 heteroatoms. The van der Waals surface area contributed by atoms with Gasteiger partial charge < -0.3 is 9.84 Å². The van der Waals surface area contributed by atoms with E-state index in [4.69, 9.17) is 9.84 Å². The molecule has 0 fully saturated rings. The Morgan fingerprint density at radius 3 is 2.76 bits per heavy atom. The maximum Gasteiger partial charge on any atom is 0.143 e. The van der Waals surface area contributed by atoms with Gasteiger partial charge in [0, 0.05) is 17.3 Å². The van der Waals surface area contributed by atoms with E-state index in [1.807, 2.05) is 0 Å². The number of aliphatic hydroxyl groups excluding tert-OH is 1. The third-order valence-corrected chi connectivity index (χ3v) is 2.38. The topological polar surface area (TPSA) is 42.4 Å². The lowest BCUT2D eigenvalue weighted by atomic mass is 10.2. The zero-order chi connectivity index (χ0) is 12.1. The van der Waals surface area contributed by atoms with E-state index in [-0.39, 0.29) is 19.0 Å². The molecular formula is C13H12FNO2. The molecular weight excluding hydrogens is 221 g/mol. The van der Waals surface area contributed by atoms with E-state index in [2.05, 4.69) is 4.98 Å². The molecule has 0 atom stereocenters. The maximum atomic E-state index is 13.3. The Balaban J connectivity index is 2.10. The summed E-state index contributed by atoms with van der Waals surface area (Å²) in [7, 11) is 0. The Hall–Kier alpha value is -1.94. The van der Waals surface area contributed by atoms with Crippen LogP contribution in [0.3, 0.4) is 0 Å². The second-order valence-corrected chi connectivity index (χ2v) is 3.52. The number of aromatic nitrogens is 1. The van der Waals surface area contributed by atoms with Crippen molar-refractivity contribution < 1.29 is 14.2 Å². The second kappa shape index (κ2) is 5.41. The lowest BCUT2D eigenvalue weighted by Crippen LogP contribution is -2.01. The predicted molar refractivity (Wildman–Crippen MR) is 60.9 cm³/mol. The molecule has 0 aliphatic carbocycles. The molecule has 88 valence electrons. The van der Waals surface area contributed by atoms with Crippen molar-refractivity contribution in [3.05, 3.63) is 59.7 Å². The minimum Gasteiger partial charge on any atom is -0.487 e. The molecule has 1 aromatic carbocycles. The maximum absolute atomic E-state index is 13.3. The standard InChI is InChI=1S/C13H12FNO2/c14-12-4-2-1-3-11(12)9-17-13-7-15-6-5-10(13)8-16/h1-7,16H,8-9H2. The van der Waals surface area contributed by atoms with E-state index in [0.717, 1.165) is 0 Å². The third kappa shape index (κ3) is 2.79. The molecule has 1 aromatic heterocycles. The number of hydrogen-bond acceptors (Lipinski definition) is 3. The van der Waals surface area contributed by atoms with E-state index in [1.165, 1.54) is 12.3 Å². The zero-order valence-corrected chi connectivity index (χ0v) is 9.14. The summed E-state index contributed by atoms with van der Waals surface area (Å²) in [5.74, 6) is 0.167. The van der Waals surface area contributed by atoms with Crippen LogP contribution in [0, 0.1) is 5.82 Å². The van der Waals surface area contributed by atoms with Gasteiger partial charge in [-0.15, -0.1) is 0 Å². The first kappa shape index (κ1) is 11.5. The Morgan fingerprint density at radius 1 is 1.18 bits per heavy atom. The first-order valence-electron chi connectivity index (χ1n) is 5.21. The summed E-state index contributed by atoms with van der Waals surface area (Å²) in [5.41, 5.74) is 1.11. The molecule has 0 unspecified atom stereocenters. The van der Waals surface area contributed by atoms with Crippen LogP contribution < -0.4 is 4.74 Å². The van der Waals surface area contributed by atoms with E-state index in [1.54, 1.807) is 30.5 Å². The number of benzene rings is 1. The molecule has 1 heterocycles. The number of nitrogens with zero attached hydrogens (tertiary/aromatic N) is 1. The van der Waals surface area contributed by atoms with Crippen molar-refractivity contribution in [2.45, 2.75) is 13.2 Å². The number of halogens is 1. The molecule has 0 radical (unpaired) electrons. The Labute approximate surface area is 98.5 Å². The SMILES string of the molecule is OCc1ccncc1OCc1ccccc1F. The number of ether oxygens (including phenoxy) is 1. The predicted octanol–water partition coefficient (Wildman–Crippen LogP) is 2.29. The molecule has 0 spiro atoms. The Kier molecular flexibility index (Phi) is 3.67. The summed E-state index contributed by atoms with van der Waals surface area (Å²) in [4.78, 5) is 3.90. The first-order chi connectivity index (χ1) is 8.31. The highest BCUT2D eigenvalue weighted by molar-refractivity contribution is 5.29. The Bertz CT molecular complexity index is 502. The van der Waals surface area contributed by atoms with Gasteiger partial charge in [0.25, 0.3) is 0 Å². The highest BCUT2D eigenvalue weighted by atomic mass is 19.1. The molecule has 17 heavy (non-hydrogen) atoms. The summed E-state index contributed by atoms with van der Waals surface area (Å²) in [6, 6.07) is 8.08. The molecule has 3 nitrogen and oxygen atoms in total. The van der Waals surface area contributed by atoms with Crippen LogP contribution in [0.2, 0.25) is 0 Å². The van der Waals surface area contributed by atoms with Gasteiger partial charge in [0.1, 0.15) is 18.2 Å². The van der Waals surface area contributed by atoms with Crippen LogP contribution in [0.5, 0.6) is 5.75 Å². The zero-order valence-electron chi connectivity index (χ0n) is 9.14. The number of hydrogen-bond donors (Lipinski definition) is 1. The van der Waals surface area contributed by atoms with Gasteiger partial charge >= 0.3 is 0 Å². The molecule has 0 saturated heterocycles. The van der Waals surface area contributed by atoms with Crippen LogP contribution in [-0.2, 0) is 13.2 Å². The van der Waals surface area contributed by atoms with Gasteiger partial charge in [-0.05, 0) is 12.1 Å². The molecule has 0 aliphatic heterocycles. The van der Waals surface area contributed by atoms with Gasteiger partial charge in [-0.25, -0.2) is 4.39 Å². The average molecular weight is 233 g/mol. The van der Waals surface area contributed by atoms with Gasteiger partial charge in [0.2, 0.25) is 0 Å². The molecule has 0 amide bonds. The smallest absolute Gasteiger partial charge is 0.143 e. The number of rotatable bonds is 4. The largest absolute Gasteiger partial charge is 0.487 e. The van der Waals surface area contributed by atoms with Crippen molar-refractivity contribution >= 4 is 0 Å². The van der Waals surface area contributed by atoms with E-state index in [0.29, 0.717) is 16.9 Å². The second-order valence-electron chi connectivity index (χ2n) is 3.52. The Morgan fingerprint density at radius 2 is 2.00 bits per heavy atom. The van der Waals surface area contributed by atoms with Crippen molar-refractivity contribution in [1.82, 2.24) is 4.98 Å². The highest BCUT2D eigenvalue weighted by Crippen LogP contribution is 2.18.